The van der Waals surface area contributed by atoms with Gasteiger partial charge < -0.3 is 21.3 Å². The van der Waals surface area contributed by atoms with Crippen LogP contribution in [0, 0.1) is 11.3 Å². The lowest BCUT2D eigenvalue weighted by Gasteiger charge is -2.27. The molecule has 132 valence electrons. The highest BCUT2D eigenvalue weighted by atomic mass is 32.2. The van der Waals surface area contributed by atoms with E-state index in [1.807, 2.05) is 0 Å². The van der Waals surface area contributed by atoms with Gasteiger partial charge in [0.2, 0.25) is 11.0 Å². The molecule has 2 atom stereocenters. The number of ketones is 1. The molecule has 0 saturated heterocycles. The first-order valence-corrected chi connectivity index (χ1v) is 8.29. The Morgan fingerprint density at radius 3 is 2.43 bits per heavy atom. The number of hydrogen-bond acceptors (Lipinski definition) is 7. The highest BCUT2D eigenvalue weighted by Crippen LogP contribution is 2.20. The number of thioether (sulfide) groups is 1. The van der Waals surface area contributed by atoms with Crippen LogP contribution in [-0.2, 0) is 14.4 Å². The topological polar surface area (TPSA) is 130 Å². The molecule has 0 aliphatic rings. The molecule has 0 aliphatic heterocycles. The molecule has 0 radical (unpaired) electrons. The lowest BCUT2D eigenvalue weighted by atomic mass is 9.87. The van der Waals surface area contributed by atoms with Crippen molar-refractivity contribution in [1.82, 2.24) is 5.32 Å². The van der Waals surface area contributed by atoms with Gasteiger partial charge in [0.25, 0.3) is 0 Å². The van der Waals surface area contributed by atoms with Gasteiger partial charge in [-0.05, 0) is 13.0 Å². The lowest BCUT2D eigenvalue weighted by Crippen LogP contribution is -2.47. The van der Waals surface area contributed by atoms with Crippen LogP contribution in [0.1, 0.15) is 20.8 Å². The molecule has 0 aliphatic carbocycles. The number of amides is 1. The van der Waals surface area contributed by atoms with E-state index in [0.29, 0.717) is 12.3 Å². The second kappa shape index (κ2) is 10.5. The van der Waals surface area contributed by atoms with E-state index in [1.165, 1.54) is 26.0 Å². The van der Waals surface area contributed by atoms with Crippen LogP contribution in [0.3, 0.4) is 0 Å². The fourth-order valence-corrected chi connectivity index (χ4v) is 2.30. The maximum atomic E-state index is 12.1. The van der Waals surface area contributed by atoms with E-state index >= 15 is 0 Å². The van der Waals surface area contributed by atoms with Crippen LogP contribution in [0.4, 0.5) is 0 Å². The van der Waals surface area contributed by atoms with Gasteiger partial charge >= 0.3 is 0 Å². The van der Waals surface area contributed by atoms with Crippen LogP contribution >= 0.6 is 11.8 Å². The number of rotatable bonds is 10. The summed E-state index contributed by atoms with van der Waals surface area (Å²) in [7, 11) is 0. The Balaban J connectivity index is 4.87. The highest BCUT2D eigenvalue weighted by Gasteiger charge is 2.34. The predicted molar refractivity (Wildman–Crippen MR) is 89.7 cm³/mol. The van der Waals surface area contributed by atoms with Crippen LogP contribution in [0.5, 0.6) is 0 Å². The lowest BCUT2D eigenvalue weighted by molar-refractivity contribution is -0.137. The fraction of sp³-hybridized carbons (Fsp3) is 0.667. The summed E-state index contributed by atoms with van der Waals surface area (Å²) in [4.78, 5) is 36.0. The van der Waals surface area contributed by atoms with E-state index < -0.39 is 29.1 Å². The second-order valence-corrected chi connectivity index (χ2v) is 6.80. The summed E-state index contributed by atoms with van der Waals surface area (Å²) >= 11 is 0.936. The summed E-state index contributed by atoms with van der Waals surface area (Å²) in [5, 5.41) is 21.1. The number of nitrogens with two attached hydrogens (primary N) is 1. The van der Waals surface area contributed by atoms with E-state index in [-0.39, 0.29) is 18.3 Å². The molecule has 5 N–H and O–H groups in total. The minimum atomic E-state index is -1.45. The van der Waals surface area contributed by atoms with E-state index in [9.17, 15) is 19.5 Å². The zero-order valence-corrected chi connectivity index (χ0v) is 14.6. The molecule has 0 rings (SSSR count). The Morgan fingerprint density at radius 2 is 1.96 bits per heavy atom. The third-order valence-corrected chi connectivity index (χ3v) is 4.21. The summed E-state index contributed by atoms with van der Waals surface area (Å²) in [5.74, 6) is -1.81. The molecular weight excluding hydrogens is 320 g/mol. The summed E-state index contributed by atoms with van der Waals surface area (Å²) in [5.41, 5.74) is 4.32. The monoisotopic (exact) mass is 346 g/mol. The molecule has 8 heteroatoms. The van der Waals surface area contributed by atoms with E-state index in [0.717, 1.165) is 11.8 Å². The van der Waals surface area contributed by atoms with Crippen molar-refractivity contribution in [2.75, 3.05) is 25.4 Å². The summed E-state index contributed by atoms with van der Waals surface area (Å²) in [6.45, 7) is 4.42. The van der Waals surface area contributed by atoms with Crippen molar-refractivity contribution in [3.05, 3.63) is 12.2 Å². The Morgan fingerprint density at radius 1 is 1.35 bits per heavy atom. The molecule has 0 fully saturated rings. The SMILES string of the molecule is C/C=C/C(=O)C(CNC(=O)[C@H](O)C(C)(C)CO)C(=O)SCCN. The molecule has 0 heterocycles. The molecule has 0 bridgehead atoms. The van der Waals surface area contributed by atoms with Gasteiger partial charge in [-0.2, -0.15) is 0 Å². The maximum absolute atomic E-state index is 12.1. The number of aliphatic hydroxyl groups is 2. The molecule has 0 aromatic heterocycles. The minimum Gasteiger partial charge on any atom is -0.396 e. The van der Waals surface area contributed by atoms with Gasteiger partial charge in [-0.3, -0.25) is 14.4 Å². The first-order valence-electron chi connectivity index (χ1n) is 7.31. The van der Waals surface area contributed by atoms with Crippen molar-refractivity contribution < 1.29 is 24.6 Å². The van der Waals surface area contributed by atoms with Gasteiger partial charge in [0, 0.05) is 24.3 Å². The average Bonchev–Trinajstić information content (AvgIpc) is 2.52. The highest BCUT2D eigenvalue weighted by molar-refractivity contribution is 8.13. The van der Waals surface area contributed by atoms with Crippen LogP contribution in [-0.4, -0.2) is 58.6 Å². The van der Waals surface area contributed by atoms with E-state index in [1.54, 1.807) is 6.92 Å². The molecule has 0 saturated carbocycles. The van der Waals surface area contributed by atoms with Crippen molar-refractivity contribution in [2.45, 2.75) is 26.9 Å². The normalized spacial score (nSPS) is 14.5. The minimum absolute atomic E-state index is 0.211. The number of nitrogens with one attached hydrogen (secondary N) is 1. The Hall–Kier alpha value is -1.22. The third-order valence-electron chi connectivity index (χ3n) is 3.20. The van der Waals surface area contributed by atoms with Gasteiger partial charge in [-0.25, -0.2) is 0 Å². The molecule has 0 aromatic rings. The van der Waals surface area contributed by atoms with Gasteiger partial charge in [0.1, 0.15) is 12.0 Å². The Bertz CT molecular complexity index is 451. The second-order valence-electron chi connectivity index (χ2n) is 5.71. The molecule has 23 heavy (non-hydrogen) atoms. The number of carbonyl (C=O) groups excluding carboxylic acids is 3. The van der Waals surface area contributed by atoms with Gasteiger partial charge in [-0.15, -0.1) is 0 Å². The molecule has 7 nitrogen and oxygen atoms in total. The smallest absolute Gasteiger partial charge is 0.249 e. The first kappa shape index (κ1) is 21.8. The molecule has 0 spiro atoms. The van der Waals surface area contributed by atoms with Crippen molar-refractivity contribution in [3.8, 4) is 0 Å². The van der Waals surface area contributed by atoms with Gasteiger partial charge in [0.05, 0.1) is 6.61 Å². The van der Waals surface area contributed by atoms with Crippen LogP contribution in [0.25, 0.3) is 0 Å². The molecule has 1 amide bonds. The van der Waals surface area contributed by atoms with E-state index in [2.05, 4.69) is 5.32 Å². The van der Waals surface area contributed by atoms with Crippen LogP contribution < -0.4 is 11.1 Å². The number of allylic oxidation sites excluding steroid dienone is 2. The number of hydrogen-bond donors (Lipinski definition) is 4. The van der Waals surface area contributed by atoms with Crippen molar-refractivity contribution in [2.24, 2.45) is 17.1 Å². The summed E-state index contributed by atoms with van der Waals surface area (Å²) < 4.78 is 0. The predicted octanol–water partition coefficient (Wildman–Crippen LogP) is -0.538. The largest absolute Gasteiger partial charge is 0.396 e. The maximum Gasteiger partial charge on any atom is 0.249 e. The zero-order valence-electron chi connectivity index (χ0n) is 13.7. The van der Waals surface area contributed by atoms with Crippen molar-refractivity contribution in [3.63, 3.8) is 0 Å². The summed E-state index contributed by atoms with van der Waals surface area (Å²) in [6.07, 6.45) is 1.34. The number of aliphatic hydroxyl groups excluding tert-OH is 2. The standard InChI is InChI=1S/C15H26N2O5S/c1-4-5-11(19)10(14(22)23-7-6-16)8-17-13(21)12(20)15(2,3)9-18/h4-5,10,12,18,20H,6-9,16H2,1-3H3,(H,17,21)/b5-4+/t10?,12-/m0/s1. The van der Waals surface area contributed by atoms with Gasteiger partial charge in [0.15, 0.2) is 5.78 Å². The van der Waals surface area contributed by atoms with E-state index in [4.69, 9.17) is 10.8 Å². The van der Waals surface area contributed by atoms with Crippen LogP contribution in [0.2, 0.25) is 0 Å². The zero-order chi connectivity index (χ0) is 18.0. The number of carbonyl (C=O) groups is 3. The van der Waals surface area contributed by atoms with Crippen LogP contribution in [0.15, 0.2) is 12.2 Å². The summed E-state index contributed by atoms with van der Waals surface area (Å²) in [6, 6.07) is 0. The van der Waals surface area contributed by atoms with Gasteiger partial charge in [-0.1, -0.05) is 31.7 Å². The Kier molecular flexibility index (Phi) is 9.98. The first-order chi connectivity index (χ1) is 10.7. The molecular formula is C15H26N2O5S. The fourth-order valence-electron chi connectivity index (χ4n) is 1.58. The molecule has 1 unspecified atom stereocenters. The third kappa shape index (κ3) is 7.26. The van der Waals surface area contributed by atoms with Crippen molar-refractivity contribution >= 4 is 28.6 Å². The quantitative estimate of drug-likeness (QED) is 0.309. The molecule has 0 aromatic carbocycles. The average molecular weight is 346 g/mol. The van der Waals surface area contributed by atoms with Crippen molar-refractivity contribution in [1.29, 1.82) is 0 Å². The Labute approximate surface area is 140 Å².